The lowest BCUT2D eigenvalue weighted by Crippen LogP contribution is -2.49. The molecular formula is C12H19ClN2O2S2. The Labute approximate surface area is 123 Å². The van der Waals surface area contributed by atoms with Crippen LogP contribution < -0.4 is 5.32 Å². The predicted molar refractivity (Wildman–Crippen MR) is 79.3 cm³/mol. The second-order valence-corrected chi connectivity index (χ2v) is 8.73. The lowest BCUT2D eigenvalue weighted by atomic mass is 9.95. The molecule has 2 rings (SSSR count). The van der Waals surface area contributed by atoms with Gasteiger partial charge in [0.05, 0.1) is 4.34 Å². The van der Waals surface area contributed by atoms with Gasteiger partial charge in [0.25, 0.3) is 10.0 Å². The van der Waals surface area contributed by atoms with E-state index in [1.54, 1.807) is 16.4 Å². The molecule has 1 aliphatic rings. The molecule has 1 saturated heterocycles. The van der Waals surface area contributed by atoms with Crippen molar-refractivity contribution in [3.05, 3.63) is 16.5 Å². The minimum Gasteiger partial charge on any atom is -0.314 e. The Morgan fingerprint density at radius 2 is 2.26 bits per heavy atom. The number of sulfonamides is 1. The molecule has 7 heteroatoms. The number of hydrogen-bond acceptors (Lipinski definition) is 4. The van der Waals surface area contributed by atoms with E-state index in [0.717, 1.165) is 24.3 Å². The highest BCUT2D eigenvalue weighted by atomic mass is 35.5. The molecule has 1 aliphatic heterocycles. The molecule has 108 valence electrons. The second-order valence-electron chi connectivity index (χ2n) is 4.85. The van der Waals surface area contributed by atoms with Crippen molar-refractivity contribution in [2.45, 2.75) is 30.5 Å². The van der Waals surface area contributed by atoms with E-state index in [9.17, 15) is 8.42 Å². The van der Waals surface area contributed by atoms with Gasteiger partial charge in [-0.05, 0) is 31.0 Å². The number of nitrogens with one attached hydrogen (secondary N) is 1. The Kier molecular flexibility index (Phi) is 4.89. The van der Waals surface area contributed by atoms with Crippen molar-refractivity contribution >= 4 is 33.0 Å². The molecule has 2 heterocycles. The van der Waals surface area contributed by atoms with Crippen LogP contribution in [0.25, 0.3) is 0 Å². The van der Waals surface area contributed by atoms with Crippen molar-refractivity contribution < 1.29 is 8.42 Å². The number of rotatable bonds is 4. The van der Waals surface area contributed by atoms with E-state index in [4.69, 9.17) is 11.6 Å². The van der Waals surface area contributed by atoms with Crippen LogP contribution >= 0.6 is 22.9 Å². The molecule has 19 heavy (non-hydrogen) atoms. The standard InChI is InChI=1S/C12H19ClN2O2S2/c1-3-14-10-6-7-15(8-9(10)2)19(16,17)12-5-4-11(13)18-12/h4-5,9-10,14H,3,6-8H2,1-2H3. The first-order valence-corrected chi connectivity index (χ1v) is 9.07. The number of halogens is 1. The summed E-state index contributed by atoms with van der Waals surface area (Å²) in [5.41, 5.74) is 0. The highest BCUT2D eigenvalue weighted by Gasteiger charge is 2.33. The summed E-state index contributed by atoms with van der Waals surface area (Å²) >= 11 is 6.94. The first-order valence-electron chi connectivity index (χ1n) is 6.44. The predicted octanol–water partition coefficient (Wildman–Crippen LogP) is 2.41. The fourth-order valence-corrected chi connectivity index (χ4v) is 5.65. The Bertz CT molecular complexity index is 530. The molecule has 1 N–H and O–H groups in total. The number of thiophene rings is 1. The van der Waals surface area contributed by atoms with Crippen molar-refractivity contribution in [2.24, 2.45) is 5.92 Å². The van der Waals surface area contributed by atoms with Gasteiger partial charge in [-0.25, -0.2) is 8.42 Å². The summed E-state index contributed by atoms with van der Waals surface area (Å²) in [6.07, 6.45) is 0.855. The van der Waals surface area contributed by atoms with E-state index in [0.29, 0.717) is 33.6 Å². The monoisotopic (exact) mass is 322 g/mol. The number of piperidine rings is 1. The van der Waals surface area contributed by atoms with E-state index >= 15 is 0 Å². The van der Waals surface area contributed by atoms with Crippen LogP contribution in [0.3, 0.4) is 0 Å². The summed E-state index contributed by atoms with van der Waals surface area (Å²) in [6.45, 7) is 6.22. The minimum absolute atomic E-state index is 0.318. The number of nitrogens with zero attached hydrogens (tertiary/aromatic N) is 1. The summed E-state index contributed by atoms with van der Waals surface area (Å²) < 4.78 is 27.4. The van der Waals surface area contributed by atoms with Crippen LogP contribution in [-0.2, 0) is 10.0 Å². The molecular weight excluding hydrogens is 304 g/mol. The zero-order chi connectivity index (χ0) is 14.0. The minimum atomic E-state index is -3.37. The van der Waals surface area contributed by atoms with Crippen LogP contribution in [0.1, 0.15) is 20.3 Å². The molecule has 0 amide bonds. The maximum Gasteiger partial charge on any atom is 0.252 e. The third-order valence-electron chi connectivity index (χ3n) is 3.48. The lowest BCUT2D eigenvalue weighted by molar-refractivity contribution is 0.223. The van der Waals surface area contributed by atoms with Crippen LogP contribution in [0.15, 0.2) is 16.3 Å². The van der Waals surface area contributed by atoms with Crippen molar-refractivity contribution in [3.8, 4) is 0 Å². The van der Waals surface area contributed by atoms with Crippen LogP contribution in [0.2, 0.25) is 4.34 Å². The van der Waals surface area contributed by atoms with Gasteiger partial charge in [-0.2, -0.15) is 4.31 Å². The Hall–Kier alpha value is -0.140. The van der Waals surface area contributed by atoms with Gasteiger partial charge < -0.3 is 5.32 Å². The summed E-state index contributed by atoms with van der Waals surface area (Å²) in [7, 11) is -3.37. The maximum atomic E-state index is 12.5. The highest BCUT2D eigenvalue weighted by molar-refractivity contribution is 7.91. The molecule has 1 aromatic heterocycles. The summed E-state index contributed by atoms with van der Waals surface area (Å²) in [5.74, 6) is 0.318. The first-order chi connectivity index (χ1) is 8.95. The van der Waals surface area contributed by atoms with E-state index in [2.05, 4.69) is 19.2 Å². The molecule has 2 atom stereocenters. The average molecular weight is 323 g/mol. The molecule has 4 nitrogen and oxygen atoms in total. The van der Waals surface area contributed by atoms with Gasteiger partial charge in [-0.15, -0.1) is 11.3 Å². The van der Waals surface area contributed by atoms with Crippen molar-refractivity contribution in [1.29, 1.82) is 0 Å². The zero-order valence-corrected chi connectivity index (χ0v) is 13.5. The summed E-state index contributed by atoms with van der Waals surface area (Å²) in [4.78, 5) is 0. The SMILES string of the molecule is CCNC1CCN(S(=O)(=O)c2ccc(Cl)s2)CC1C. The molecule has 0 aliphatic carbocycles. The van der Waals surface area contributed by atoms with Crippen LogP contribution in [-0.4, -0.2) is 38.4 Å². The van der Waals surface area contributed by atoms with Crippen LogP contribution in [0.5, 0.6) is 0 Å². The van der Waals surface area contributed by atoms with E-state index in [-0.39, 0.29) is 0 Å². The second kappa shape index (κ2) is 6.10. The Morgan fingerprint density at radius 3 is 2.79 bits per heavy atom. The fourth-order valence-electron chi connectivity index (χ4n) is 2.45. The molecule has 0 aromatic carbocycles. The first kappa shape index (κ1) is 15.3. The van der Waals surface area contributed by atoms with E-state index in [1.165, 1.54) is 0 Å². The van der Waals surface area contributed by atoms with Gasteiger partial charge in [0, 0.05) is 19.1 Å². The summed E-state index contributed by atoms with van der Waals surface area (Å²) in [5, 5.41) is 3.41. The Morgan fingerprint density at radius 1 is 1.53 bits per heavy atom. The summed E-state index contributed by atoms with van der Waals surface area (Å²) in [6, 6.07) is 3.63. The molecule has 1 aromatic rings. The van der Waals surface area contributed by atoms with Crippen LogP contribution in [0.4, 0.5) is 0 Å². The number of hydrogen-bond donors (Lipinski definition) is 1. The smallest absolute Gasteiger partial charge is 0.252 e. The maximum absolute atomic E-state index is 12.5. The lowest BCUT2D eigenvalue weighted by Gasteiger charge is -2.36. The van der Waals surface area contributed by atoms with Gasteiger partial charge in [0.2, 0.25) is 0 Å². The molecule has 0 radical (unpaired) electrons. The van der Waals surface area contributed by atoms with Crippen LogP contribution in [0, 0.1) is 5.92 Å². The van der Waals surface area contributed by atoms with Gasteiger partial charge >= 0.3 is 0 Å². The average Bonchev–Trinajstić information content (AvgIpc) is 2.79. The fraction of sp³-hybridized carbons (Fsp3) is 0.667. The molecule has 0 saturated carbocycles. The molecule has 2 unspecified atom stereocenters. The van der Waals surface area contributed by atoms with E-state index in [1.807, 2.05) is 0 Å². The third kappa shape index (κ3) is 3.31. The quantitative estimate of drug-likeness (QED) is 0.926. The zero-order valence-electron chi connectivity index (χ0n) is 11.1. The van der Waals surface area contributed by atoms with Crippen molar-refractivity contribution in [2.75, 3.05) is 19.6 Å². The molecule has 0 bridgehead atoms. The topological polar surface area (TPSA) is 49.4 Å². The van der Waals surface area contributed by atoms with Gasteiger partial charge in [0.15, 0.2) is 0 Å². The largest absolute Gasteiger partial charge is 0.314 e. The van der Waals surface area contributed by atoms with Gasteiger partial charge in [-0.3, -0.25) is 0 Å². The van der Waals surface area contributed by atoms with Crippen molar-refractivity contribution in [1.82, 2.24) is 9.62 Å². The van der Waals surface area contributed by atoms with Gasteiger partial charge in [-0.1, -0.05) is 25.4 Å². The normalized spacial score (nSPS) is 25.6. The molecule has 1 fully saturated rings. The molecule has 0 spiro atoms. The third-order valence-corrected chi connectivity index (χ3v) is 7.04. The highest BCUT2D eigenvalue weighted by Crippen LogP contribution is 2.30. The van der Waals surface area contributed by atoms with Gasteiger partial charge in [0.1, 0.15) is 4.21 Å². The van der Waals surface area contributed by atoms with Crippen molar-refractivity contribution in [3.63, 3.8) is 0 Å². The van der Waals surface area contributed by atoms with E-state index < -0.39 is 10.0 Å². The Balaban J connectivity index is 2.11.